The van der Waals surface area contributed by atoms with Crippen LogP contribution in [0.1, 0.15) is 6.92 Å². The van der Waals surface area contributed by atoms with Gasteiger partial charge in [-0.2, -0.15) is 0 Å². The minimum atomic E-state index is -0.588. The smallest absolute Gasteiger partial charge is 0.494 e. The average Bonchev–Trinajstić information content (AvgIpc) is 2.53. The monoisotopic (exact) mass is 274 g/mol. The Morgan fingerprint density at radius 1 is 1.05 bits per heavy atom. The maximum atomic E-state index is 11.9. The van der Waals surface area contributed by atoms with Gasteiger partial charge in [0.15, 0.2) is 5.69 Å². The SMILES string of the molecule is CC(=O)B1Oc2ccc3ccccc3c2-c2cccc[n+]21. The van der Waals surface area contributed by atoms with Gasteiger partial charge in [0.25, 0.3) is 0 Å². The second-order valence-electron chi connectivity index (χ2n) is 5.23. The molecular weight excluding hydrogens is 261 g/mol. The zero-order chi connectivity index (χ0) is 14.4. The van der Waals surface area contributed by atoms with Gasteiger partial charge in [0.1, 0.15) is 11.9 Å². The Labute approximate surface area is 122 Å². The van der Waals surface area contributed by atoms with Crippen molar-refractivity contribution in [1.82, 2.24) is 0 Å². The highest BCUT2D eigenvalue weighted by Gasteiger charge is 2.47. The van der Waals surface area contributed by atoms with Gasteiger partial charge in [-0.25, -0.2) is 4.48 Å². The zero-order valence-electron chi connectivity index (χ0n) is 11.6. The minimum absolute atomic E-state index is 0.00809. The maximum absolute atomic E-state index is 11.9. The molecule has 4 heteroatoms. The highest BCUT2D eigenvalue weighted by atomic mass is 16.5. The van der Waals surface area contributed by atoms with Gasteiger partial charge in [-0.15, -0.1) is 0 Å². The first kappa shape index (κ1) is 12.2. The molecule has 0 unspecified atom stereocenters. The summed E-state index contributed by atoms with van der Waals surface area (Å²) in [6, 6.07) is 18.1. The molecule has 21 heavy (non-hydrogen) atoms. The molecule has 0 fully saturated rings. The minimum Gasteiger partial charge on any atom is -0.494 e. The summed E-state index contributed by atoms with van der Waals surface area (Å²) in [5.41, 5.74) is 2.05. The number of rotatable bonds is 1. The molecule has 2 heterocycles. The van der Waals surface area contributed by atoms with Crippen molar-refractivity contribution in [2.75, 3.05) is 0 Å². The summed E-state index contributed by atoms with van der Waals surface area (Å²) in [6.07, 6.45) is 1.89. The van der Waals surface area contributed by atoms with E-state index in [4.69, 9.17) is 4.65 Å². The Hall–Kier alpha value is -2.62. The van der Waals surface area contributed by atoms with Crippen molar-refractivity contribution in [3.63, 3.8) is 0 Å². The number of carbonyl (C=O) groups excluding carboxylic acids is 1. The van der Waals surface area contributed by atoms with Crippen LogP contribution in [0.2, 0.25) is 0 Å². The van der Waals surface area contributed by atoms with Gasteiger partial charge < -0.3 is 4.65 Å². The summed E-state index contributed by atoms with van der Waals surface area (Å²) >= 11 is 0. The fourth-order valence-corrected chi connectivity index (χ4v) is 2.94. The Morgan fingerprint density at radius 3 is 2.71 bits per heavy atom. The zero-order valence-corrected chi connectivity index (χ0v) is 11.6. The number of pyridine rings is 1. The van der Waals surface area contributed by atoms with E-state index < -0.39 is 7.05 Å². The Kier molecular flexibility index (Phi) is 2.57. The predicted octanol–water partition coefficient (Wildman–Crippen LogP) is 2.65. The highest BCUT2D eigenvalue weighted by molar-refractivity contribution is 6.79. The van der Waals surface area contributed by atoms with E-state index in [2.05, 4.69) is 12.1 Å². The average molecular weight is 274 g/mol. The number of fused-ring (bicyclic) bond motifs is 5. The standard InChI is InChI=1S/C17H13BNO2/c1-12(20)18-19-11-5-4-8-15(19)17-14-7-3-2-6-13(14)9-10-16(17)21-18/h2-11H,1H3/q+1. The summed E-state index contributed by atoms with van der Waals surface area (Å²) < 4.78 is 7.84. The molecule has 0 amide bonds. The Balaban J connectivity index is 2.09. The largest absolute Gasteiger partial charge is 0.802 e. The van der Waals surface area contributed by atoms with Gasteiger partial charge in [-0.1, -0.05) is 30.3 Å². The molecule has 0 radical (unpaired) electrons. The van der Waals surface area contributed by atoms with Crippen molar-refractivity contribution < 1.29 is 13.9 Å². The first-order valence-corrected chi connectivity index (χ1v) is 6.95. The lowest BCUT2D eigenvalue weighted by atomic mass is 9.74. The number of carbonyl (C=O) groups is 1. The number of aromatic nitrogens is 1. The van der Waals surface area contributed by atoms with Crippen molar-refractivity contribution in [3.05, 3.63) is 60.8 Å². The van der Waals surface area contributed by atoms with Crippen LogP contribution in [0.5, 0.6) is 5.75 Å². The van der Waals surface area contributed by atoms with Gasteiger partial charge in [0, 0.05) is 6.07 Å². The molecule has 0 saturated heterocycles. The number of benzene rings is 2. The highest BCUT2D eigenvalue weighted by Crippen LogP contribution is 2.37. The fraction of sp³-hybridized carbons (Fsp3) is 0.0588. The molecule has 2 aromatic carbocycles. The molecule has 0 N–H and O–H groups in total. The van der Waals surface area contributed by atoms with Crippen LogP contribution >= 0.6 is 0 Å². The molecule has 1 aliphatic rings. The van der Waals surface area contributed by atoms with Crippen molar-refractivity contribution in [3.8, 4) is 17.0 Å². The molecule has 1 aliphatic heterocycles. The summed E-state index contributed by atoms with van der Waals surface area (Å²) in [5, 5.41) is 2.30. The van der Waals surface area contributed by atoms with E-state index >= 15 is 0 Å². The Morgan fingerprint density at radius 2 is 1.86 bits per heavy atom. The van der Waals surface area contributed by atoms with Crippen LogP contribution in [-0.4, -0.2) is 12.7 Å². The van der Waals surface area contributed by atoms with Gasteiger partial charge in [0.05, 0.1) is 5.56 Å². The maximum Gasteiger partial charge on any atom is 0.802 e. The molecule has 0 atom stereocenters. The molecule has 0 bridgehead atoms. The summed E-state index contributed by atoms with van der Waals surface area (Å²) in [4.78, 5) is 11.9. The van der Waals surface area contributed by atoms with Gasteiger partial charge in [-0.3, -0.25) is 4.79 Å². The van der Waals surface area contributed by atoms with Gasteiger partial charge in [-0.05, 0) is 35.9 Å². The number of nitrogens with zero attached hydrogens (tertiary/aromatic N) is 1. The normalized spacial score (nSPS) is 12.5. The first-order valence-electron chi connectivity index (χ1n) is 6.95. The third kappa shape index (κ3) is 1.76. The molecule has 1 aromatic heterocycles. The number of hydrogen-bond acceptors (Lipinski definition) is 2. The van der Waals surface area contributed by atoms with E-state index in [-0.39, 0.29) is 5.68 Å². The third-order valence-corrected chi connectivity index (χ3v) is 3.88. The van der Waals surface area contributed by atoms with Crippen LogP contribution in [0.25, 0.3) is 22.0 Å². The lowest BCUT2D eigenvalue weighted by Gasteiger charge is -2.20. The van der Waals surface area contributed by atoms with Crippen LogP contribution in [0.15, 0.2) is 60.8 Å². The van der Waals surface area contributed by atoms with E-state index in [9.17, 15) is 4.79 Å². The lowest BCUT2D eigenvalue weighted by Crippen LogP contribution is -2.62. The second-order valence-corrected chi connectivity index (χ2v) is 5.23. The quantitative estimate of drug-likeness (QED) is 0.638. The molecule has 3 nitrogen and oxygen atoms in total. The van der Waals surface area contributed by atoms with E-state index in [1.165, 1.54) is 0 Å². The van der Waals surface area contributed by atoms with Crippen LogP contribution < -0.4 is 9.13 Å². The molecule has 0 spiro atoms. The third-order valence-electron chi connectivity index (χ3n) is 3.88. The van der Waals surface area contributed by atoms with Crippen LogP contribution in [0, 0.1) is 0 Å². The van der Waals surface area contributed by atoms with Crippen LogP contribution in [-0.2, 0) is 4.79 Å². The summed E-state index contributed by atoms with van der Waals surface area (Å²) in [7, 11) is -0.588. The molecule has 3 aromatic rings. The molecule has 4 rings (SSSR count). The van der Waals surface area contributed by atoms with E-state index in [1.54, 1.807) is 6.92 Å². The summed E-state index contributed by atoms with van der Waals surface area (Å²) in [5.74, 6) is 0.764. The predicted molar refractivity (Wildman–Crippen MR) is 82.0 cm³/mol. The van der Waals surface area contributed by atoms with E-state index in [0.717, 1.165) is 27.8 Å². The van der Waals surface area contributed by atoms with Crippen molar-refractivity contribution in [2.45, 2.75) is 6.92 Å². The van der Waals surface area contributed by atoms with Crippen LogP contribution in [0.4, 0.5) is 0 Å². The van der Waals surface area contributed by atoms with Crippen molar-refractivity contribution in [2.24, 2.45) is 0 Å². The number of hydrogen-bond donors (Lipinski definition) is 0. The topological polar surface area (TPSA) is 30.2 Å². The fourth-order valence-electron chi connectivity index (χ4n) is 2.94. The van der Waals surface area contributed by atoms with Crippen molar-refractivity contribution in [1.29, 1.82) is 0 Å². The molecule has 100 valence electrons. The summed E-state index contributed by atoms with van der Waals surface area (Å²) in [6.45, 7) is 1.56. The Bertz CT molecular complexity index is 876. The van der Waals surface area contributed by atoms with E-state index in [0.29, 0.717) is 0 Å². The lowest BCUT2D eigenvalue weighted by molar-refractivity contribution is -0.535. The first-order chi connectivity index (χ1) is 10.3. The van der Waals surface area contributed by atoms with Gasteiger partial charge in [0.2, 0.25) is 5.68 Å². The van der Waals surface area contributed by atoms with E-state index in [1.807, 2.05) is 53.1 Å². The molecular formula is C17H13BNO2+. The molecule has 0 saturated carbocycles. The van der Waals surface area contributed by atoms with Crippen molar-refractivity contribution >= 4 is 23.5 Å². The van der Waals surface area contributed by atoms with Crippen LogP contribution in [0.3, 0.4) is 0 Å². The molecule has 0 aliphatic carbocycles. The second kappa shape index (κ2) is 4.45. The van der Waals surface area contributed by atoms with Gasteiger partial charge >= 0.3 is 7.05 Å².